The number of para-hydroxylation sites is 1. The fourth-order valence-electron chi connectivity index (χ4n) is 4.29. The highest BCUT2D eigenvalue weighted by Gasteiger charge is 2.30. The van der Waals surface area contributed by atoms with E-state index in [-0.39, 0.29) is 11.6 Å². The van der Waals surface area contributed by atoms with Crippen molar-refractivity contribution in [2.45, 2.75) is 13.0 Å². The number of nitrogens with one attached hydrogen (secondary N) is 1. The minimum absolute atomic E-state index is 0.179. The van der Waals surface area contributed by atoms with Gasteiger partial charge in [0.25, 0.3) is 5.91 Å². The number of ether oxygens (including phenoxy) is 1. The normalized spacial score (nSPS) is 15.3. The summed E-state index contributed by atoms with van der Waals surface area (Å²) in [5, 5.41) is 13.4. The number of hydrogen-bond donors (Lipinski definition) is 3. The van der Waals surface area contributed by atoms with Gasteiger partial charge >= 0.3 is 0 Å². The van der Waals surface area contributed by atoms with Crippen molar-refractivity contribution in [1.29, 1.82) is 0 Å². The number of likely N-dealkylation sites (N-methyl/N-ethyl adjacent to an activating group) is 2. The Labute approximate surface area is 209 Å². The number of anilines is 1. The van der Waals surface area contributed by atoms with Crippen molar-refractivity contribution < 1.29 is 24.2 Å². The lowest BCUT2D eigenvalue weighted by atomic mass is 9.97. The second kappa shape index (κ2) is 10.4. The average Bonchev–Trinajstić information content (AvgIpc) is 2.89. The molecule has 184 valence electrons. The number of nitrogens with two attached hydrogens (primary N) is 1. The molecule has 3 aromatic carbocycles. The van der Waals surface area contributed by atoms with E-state index in [1.54, 1.807) is 37.3 Å². The maximum atomic E-state index is 12.3. The molecule has 4 N–H and O–H groups in total. The summed E-state index contributed by atoms with van der Waals surface area (Å²) in [4.78, 5) is 37.2. The maximum Gasteiger partial charge on any atom is 0.258 e. The lowest BCUT2D eigenvalue weighted by Gasteiger charge is -2.37. The Morgan fingerprint density at radius 1 is 1.08 bits per heavy atom. The summed E-state index contributed by atoms with van der Waals surface area (Å²) in [6.07, 6.45) is 0.357. The number of aldehydes is 1. The first-order valence-corrected chi connectivity index (χ1v) is 11.5. The fraction of sp³-hybridized carbons (Fsp3) is 0.179. The van der Waals surface area contributed by atoms with Crippen LogP contribution in [0, 0.1) is 0 Å². The Balaban J connectivity index is 1.65. The molecule has 8 nitrogen and oxygen atoms in total. The van der Waals surface area contributed by atoms with Crippen molar-refractivity contribution in [3.05, 3.63) is 89.0 Å². The average molecular weight is 486 g/mol. The second-order valence-electron chi connectivity index (χ2n) is 8.39. The predicted molar refractivity (Wildman–Crippen MR) is 138 cm³/mol. The molecule has 4 rings (SSSR count). The number of aliphatic hydroxyl groups is 1. The lowest BCUT2D eigenvalue weighted by molar-refractivity contribution is -0.119. The zero-order valence-corrected chi connectivity index (χ0v) is 20.0. The number of aliphatic hydroxyl groups excluding tert-OH is 1. The molecule has 0 saturated carbocycles. The van der Waals surface area contributed by atoms with Gasteiger partial charge in [-0.1, -0.05) is 42.5 Å². The van der Waals surface area contributed by atoms with Crippen LogP contribution in [0.1, 0.15) is 34.5 Å². The molecule has 1 atom stereocenters. The zero-order chi connectivity index (χ0) is 25.8. The number of amides is 2. The minimum atomic E-state index is -0.641. The molecule has 0 aromatic heterocycles. The molecule has 0 spiro atoms. The van der Waals surface area contributed by atoms with Crippen LogP contribution in [0.5, 0.6) is 5.75 Å². The molecule has 1 unspecified atom stereocenters. The van der Waals surface area contributed by atoms with Crippen LogP contribution in [0.15, 0.2) is 72.3 Å². The van der Waals surface area contributed by atoms with Crippen LogP contribution in [0.4, 0.5) is 5.69 Å². The van der Waals surface area contributed by atoms with E-state index in [0.29, 0.717) is 42.0 Å². The van der Waals surface area contributed by atoms with Crippen LogP contribution in [-0.2, 0) is 9.59 Å². The van der Waals surface area contributed by atoms with Crippen LogP contribution in [0.25, 0.3) is 16.9 Å². The highest BCUT2D eigenvalue weighted by Crippen LogP contribution is 2.43. The van der Waals surface area contributed by atoms with E-state index in [0.717, 1.165) is 16.7 Å². The molecule has 0 saturated heterocycles. The summed E-state index contributed by atoms with van der Waals surface area (Å²) in [6.45, 7) is 2.43. The third-order valence-corrected chi connectivity index (χ3v) is 6.22. The van der Waals surface area contributed by atoms with E-state index in [4.69, 9.17) is 10.5 Å². The lowest BCUT2D eigenvalue weighted by Crippen LogP contribution is -2.34. The van der Waals surface area contributed by atoms with Crippen molar-refractivity contribution in [2.75, 3.05) is 25.1 Å². The van der Waals surface area contributed by atoms with Crippen LogP contribution in [0.2, 0.25) is 0 Å². The number of benzene rings is 3. The van der Waals surface area contributed by atoms with Gasteiger partial charge in [-0.2, -0.15) is 0 Å². The van der Waals surface area contributed by atoms with Crippen molar-refractivity contribution in [3.8, 4) is 16.9 Å². The van der Waals surface area contributed by atoms with Crippen molar-refractivity contribution in [2.24, 2.45) is 5.73 Å². The topological polar surface area (TPSA) is 122 Å². The summed E-state index contributed by atoms with van der Waals surface area (Å²) >= 11 is 0. The van der Waals surface area contributed by atoms with E-state index < -0.39 is 17.6 Å². The monoisotopic (exact) mass is 485 g/mol. The summed E-state index contributed by atoms with van der Waals surface area (Å²) < 4.78 is 6.02. The zero-order valence-electron chi connectivity index (χ0n) is 20.0. The minimum Gasteiger partial charge on any atom is -0.506 e. The molecule has 2 amide bonds. The maximum absolute atomic E-state index is 12.3. The third-order valence-electron chi connectivity index (χ3n) is 6.22. The summed E-state index contributed by atoms with van der Waals surface area (Å²) in [7, 11) is 1.88. The quantitative estimate of drug-likeness (QED) is 0.154. The van der Waals surface area contributed by atoms with Gasteiger partial charge < -0.3 is 25.8 Å². The molecular formula is C28H27N3O5. The third kappa shape index (κ3) is 4.65. The van der Waals surface area contributed by atoms with Crippen LogP contribution in [-0.4, -0.2) is 43.4 Å². The Bertz CT molecular complexity index is 1330. The Morgan fingerprint density at radius 3 is 2.31 bits per heavy atom. The molecule has 3 aromatic rings. The van der Waals surface area contributed by atoms with Gasteiger partial charge in [0.05, 0.1) is 11.7 Å². The first-order chi connectivity index (χ1) is 17.3. The number of fused-ring (bicyclic) bond motifs is 1. The van der Waals surface area contributed by atoms with E-state index in [9.17, 15) is 19.5 Å². The molecular weight excluding hydrogens is 458 g/mol. The first kappa shape index (κ1) is 24.5. The molecule has 1 aliphatic rings. The molecule has 8 heteroatoms. The van der Waals surface area contributed by atoms with Crippen LogP contribution >= 0.6 is 0 Å². The number of primary amides is 1. The van der Waals surface area contributed by atoms with Crippen LogP contribution in [0.3, 0.4) is 0 Å². The van der Waals surface area contributed by atoms with Gasteiger partial charge in [0.15, 0.2) is 6.29 Å². The molecule has 0 bridgehead atoms. The van der Waals surface area contributed by atoms with Gasteiger partial charge in [-0.15, -0.1) is 0 Å². The summed E-state index contributed by atoms with van der Waals surface area (Å²) in [5.74, 6) is -0.967. The SMILES string of the molecule is CCNC(=O)/C(C=O)=C(\O)c1cccc2c1N(C)C(c1ccc(-c3ccc(C(N)=O)cc3)cc1)CO2. The smallest absolute Gasteiger partial charge is 0.258 e. The number of carbonyl (C=O) groups is 3. The first-order valence-electron chi connectivity index (χ1n) is 11.5. The second-order valence-corrected chi connectivity index (χ2v) is 8.39. The summed E-state index contributed by atoms with van der Waals surface area (Å²) in [5.41, 5.74) is 9.27. The van der Waals surface area contributed by atoms with Crippen molar-refractivity contribution >= 4 is 29.5 Å². The van der Waals surface area contributed by atoms with Crippen molar-refractivity contribution in [1.82, 2.24) is 5.32 Å². The van der Waals surface area contributed by atoms with Gasteiger partial charge in [0.2, 0.25) is 5.91 Å². The summed E-state index contributed by atoms with van der Waals surface area (Å²) in [6, 6.07) is 20.0. The van der Waals surface area contributed by atoms with Gasteiger partial charge in [-0.05, 0) is 47.9 Å². The molecule has 36 heavy (non-hydrogen) atoms. The highest BCUT2D eigenvalue weighted by atomic mass is 16.5. The Hall–Kier alpha value is -4.59. The van der Waals surface area contributed by atoms with E-state index in [2.05, 4.69) is 5.32 Å². The van der Waals surface area contributed by atoms with Crippen molar-refractivity contribution in [3.63, 3.8) is 0 Å². The molecule has 0 radical (unpaired) electrons. The fourth-order valence-corrected chi connectivity index (χ4v) is 4.29. The largest absolute Gasteiger partial charge is 0.506 e. The number of carbonyl (C=O) groups excluding carboxylic acids is 3. The van der Waals surface area contributed by atoms with E-state index >= 15 is 0 Å². The van der Waals surface area contributed by atoms with Gasteiger partial charge in [0, 0.05) is 24.7 Å². The van der Waals surface area contributed by atoms with Gasteiger partial charge in [-0.3, -0.25) is 14.4 Å². The number of nitrogens with zero attached hydrogens (tertiary/aromatic N) is 1. The van der Waals surface area contributed by atoms with Crippen LogP contribution < -0.4 is 20.7 Å². The molecule has 0 aliphatic carbocycles. The Morgan fingerprint density at radius 2 is 1.72 bits per heavy atom. The Kier molecular flexibility index (Phi) is 7.05. The number of hydrogen-bond acceptors (Lipinski definition) is 6. The van der Waals surface area contributed by atoms with Gasteiger partial charge in [0.1, 0.15) is 23.7 Å². The molecule has 0 fully saturated rings. The molecule has 1 aliphatic heterocycles. The predicted octanol–water partition coefficient (Wildman–Crippen LogP) is 3.63. The van der Waals surface area contributed by atoms with Gasteiger partial charge in [-0.25, -0.2) is 0 Å². The highest BCUT2D eigenvalue weighted by molar-refractivity contribution is 6.16. The standard InChI is InChI=1S/C28H27N3O5/c1-3-30-28(35)22(15-32)26(33)21-5-4-6-24-25(21)31(2)23(16-36-24)19-11-7-17(8-12-19)18-9-13-20(14-10-18)27(29)34/h4-15,23,33H,3,16H2,1-2H3,(H2,29,34)(H,30,35)/b26-22-. The molecule has 1 heterocycles. The van der Waals surface area contributed by atoms with E-state index in [1.165, 1.54) is 0 Å². The van der Waals surface area contributed by atoms with E-state index in [1.807, 2.05) is 48.3 Å². The number of rotatable bonds is 7.